The predicted molar refractivity (Wildman–Crippen MR) is 65.7 cm³/mol. The number of phenolic OH excluding ortho intramolecular Hbond substituents is 1. The van der Waals surface area contributed by atoms with Crippen LogP contribution in [0.1, 0.15) is 37.7 Å². The Hall–Kier alpha value is -1.03. The molecule has 1 atom stereocenters. The van der Waals surface area contributed by atoms with Crippen LogP contribution < -0.4 is 0 Å². The van der Waals surface area contributed by atoms with Crippen molar-refractivity contribution in [3.8, 4) is 5.75 Å². The molecule has 0 aliphatic carbocycles. The Kier molecular flexibility index (Phi) is 4.80. The van der Waals surface area contributed by atoms with E-state index >= 15 is 0 Å². The van der Waals surface area contributed by atoms with Gasteiger partial charge in [0.15, 0.2) is 0 Å². The van der Waals surface area contributed by atoms with Crippen molar-refractivity contribution in [2.24, 2.45) is 0 Å². The Labute approximate surface area is 103 Å². The van der Waals surface area contributed by atoms with Gasteiger partial charge in [0, 0.05) is 0 Å². The molecule has 0 saturated carbocycles. The SMILES string of the molecule is CCC[C@H](CC(=O)O)c1ccc(O)c(Br)c1. The highest BCUT2D eigenvalue weighted by atomic mass is 79.9. The maximum Gasteiger partial charge on any atom is 0.303 e. The maximum atomic E-state index is 10.7. The molecule has 3 nitrogen and oxygen atoms in total. The summed E-state index contributed by atoms with van der Waals surface area (Å²) in [5.41, 5.74) is 0.953. The number of aliphatic carboxylic acids is 1. The highest BCUT2D eigenvalue weighted by Gasteiger charge is 2.15. The van der Waals surface area contributed by atoms with Gasteiger partial charge in [0.05, 0.1) is 10.9 Å². The lowest BCUT2D eigenvalue weighted by atomic mass is 9.91. The zero-order chi connectivity index (χ0) is 12.1. The summed E-state index contributed by atoms with van der Waals surface area (Å²) in [5, 5.41) is 18.2. The van der Waals surface area contributed by atoms with E-state index in [0.717, 1.165) is 18.4 Å². The molecule has 88 valence electrons. The molecule has 0 spiro atoms. The summed E-state index contributed by atoms with van der Waals surface area (Å²) in [6.45, 7) is 2.03. The Balaban J connectivity index is 2.91. The van der Waals surface area contributed by atoms with Gasteiger partial charge in [0.25, 0.3) is 0 Å². The minimum absolute atomic E-state index is 0.0133. The predicted octanol–water partition coefficient (Wildman–Crippen LogP) is 3.51. The number of benzene rings is 1. The molecule has 4 heteroatoms. The van der Waals surface area contributed by atoms with Gasteiger partial charge in [-0.05, 0) is 46.0 Å². The molecule has 0 aliphatic heterocycles. The minimum Gasteiger partial charge on any atom is -0.507 e. The van der Waals surface area contributed by atoms with Gasteiger partial charge < -0.3 is 10.2 Å². The molecule has 0 saturated heterocycles. The first-order valence-corrected chi connectivity index (χ1v) is 6.04. The topological polar surface area (TPSA) is 57.5 Å². The lowest BCUT2D eigenvalue weighted by Gasteiger charge is -2.14. The molecular weight excluding hydrogens is 272 g/mol. The van der Waals surface area contributed by atoms with Gasteiger partial charge in [-0.25, -0.2) is 0 Å². The van der Waals surface area contributed by atoms with Crippen LogP contribution in [-0.4, -0.2) is 16.2 Å². The number of hydrogen-bond acceptors (Lipinski definition) is 2. The fourth-order valence-electron chi connectivity index (χ4n) is 1.72. The normalized spacial score (nSPS) is 12.4. The van der Waals surface area contributed by atoms with E-state index in [9.17, 15) is 9.90 Å². The second-order valence-corrected chi connectivity index (χ2v) is 4.65. The zero-order valence-corrected chi connectivity index (χ0v) is 10.7. The van der Waals surface area contributed by atoms with Gasteiger partial charge >= 0.3 is 5.97 Å². The third kappa shape index (κ3) is 3.52. The van der Waals surface area contributed by atoms with Crippen molar-refractivity contribution in [3.63, 3.8) is 0 Å². The van der Waals surface area contributed by atoms with E-state index < -0.39 is 5.97 Å². The maximum absolute atomic E-state index is 10.7. The third-order valence-corrected chi connectivity index (χ3v) is 3.14. The molecule has 2 N–H and O–H groups in total. The van der Waals surface area contributed by atoms with Crippen LogP contribution in [0, 0.1) is 0 Å². The molecule has 0 radical (unpaired) electrons. The number of rotatable bonds is 5. The van der Waals surface area contributed by atoms with E-state index in [1.807, 2.05) is 6.92 Å². The quantitative estimate of drug-likeness (QED) is 0.871. The smallest absolute Gasteiger partial charge is 0.303 e. The third-order valence-electron chi connectivity index (χ3n) is 2.50. The number of carboxylic acid groups (broad SMARTS) is 1. The lowest BCUT2D eigenvalue weighted by molar-refractivity contribution is -0.137. The van der Waals surface area contributed by atoms with Crippen molar-refractivity contribution < 1.29 is 15.0 Å². The van der Waals surface area contributed by atoms with Crippen molar-refractivity contribution in [1.82, 2.24) is 0 Å². The van der Waals surface area contributed by atoms with E-state index in [1.165, 1.54) is 0 Å². The number of carbonyl (C=O) groups is 1. The number of carboxylic acids is 1. The molecule has 0 heterocycles. The van der Waals surface area contributed by atoms with Crippen LogP contribution in [0.25, 0.3) is 0 Å². The second-order valence-electron chi connectivity index (χ2n) is 3.79. The highest BCUT2D eigenvalue weighted by molar-refractivity contribution is 9.10. The van der Waals surface area contributed by atoms with E-state index in [2.05, 4.69) is 15.9 Å². The molecule has 0 aromatic heterocycles. The van der Waals surface area contributed by atoms with Gasteiger partial charge in [0.1, 0.15) is 5.75 Å². The Morgan fingerprint density at radius 2 is 2.19 bits per heavy atom. The van der Waals surface area contributed by atoms with E-state index in [4.69, 9.17) is 5.11 Å². The molecule has 0 unspecified atom stereocenters. The number of phenols is 1. The molecule has 0 aliphatic rings. The summed E-state index contributed by atoms with van der Waals surface area (Å²) in [6.07, 6.45) is 1.91. The van der Waals surface area contributed by atoms with Crippen molar-refractivity contribution in [3.05, 3.63) is 28.2 Å². The summed E-state index contributed by atoms with van der Waals surface area (Å²) in [7, 11) is 0. The fourth-order valence-corrected chi connectivity index (χ4v) is 2.12. The minimum atomic E-state index is -0.789. The van der Waals surface area contributed by atoms with E-state index in [1.54, 1.807) is 18.2 Å². The standard InChI is InChI=1S/C12H15BrO3/c1-2-3-8(7-12(15)16)9-4-5-11(14)10(13)6-9/h4-6,8,14H,2-3,7H2,1H3,(H,15,16)/t8-/m1/s1. The summed E-state index contributed by atoms with van der Waals surface area (Å²) < 4.78 is 0.608. The van der Waals surface area contributed by atoms with Crippen LogP contribution >= 0.6 is 15.9 Å². The molecule has 16 heavy (non-hydrogen) atoms. The van der Waals surface area contributed by atoms with Crippen LogP contribution in [0.3, 0.4) is 0 Å². The van der Waals surface area contributed by atoms with Gasteiger partial charge in [-0.15, -0.1) is 0 Å². The van der Waals surface area contributed by atoms with Crippen molar-refractivity contribution in [2.45, 2.75) is 32.1 Å². The molecule has 0 fully saturated rings. The average Bonchev–Trinajstić information content (AvgIpc) is 2.21. The monoisotopic (exact) mass is 286 g/mol. The molecule has 0 bridgehead atoms. The van der Waals surface area contributed by atoms with Gasteiger partial charge in [0.2, 0.25) is 0 Å². The Morgan fingerprint density at radius 1 is 1.50 bits per heavy atom. The molecule has 1 rings (SSSR count). The Bertz CT molecular complexity index is 377. The first-order chi connectivity index (χ1) is 7.54. The van der Waals surface area contributed by atoms with Crippen LogP contribution in [0.5, 0.6) is 5.75 Å². The van der Waals surface area contributed by atoms with Crippen LogP contribution in [0.15, 0.2) is 22.7 Å². The first kappa shape index (κ1) is 13.0. The summed E-state index contributed by atoms with van der Waals surface area (Å²) in [4.78, 5) is 10.7. The first-order valence-electron chi connectivity index (χ1n) is 5.24. The van der Waals surface area contributed by atoms with Crippen LogP contribution in [-0.2, 0) is 4.79 Å². The average molecular weight is 287 g/mol. The van der Waals surface area contributed by atoms with Gasteiger partial charge in [-0.2, -0.15) is 0 Å². The summed E-state index contributed by atoms with van der Waals surface area (Å²) >= 11 is 3.23. The van der Waals surface area contributed by atoms with Crippen LogP contribution in [0.2, 0.25) is 0 Å². The Morgan fingerprint density at radius 3 is 2.69 bits per heavy atom. The fraction of sp³-hybridized carbons (Fsp3) is 0.417. The molecule has 1 aromatic carbocycles. The van der Waals surface area contributed by atoms with E-state index in [-0.39, 0.29) is 18.1 Å². The number of halogens is 1. The summed E-state index contributed by atoms with van der Waals surface area (Å²) in [6, 6.07) is 5.16. The van der Waals surface area contributed by atoms with Crippen molar-refractivity contribution in [2.75, 3.05) is 0 Å². The largest absolute Gasteiger partial charge is 0.507 e. The van der Waals surface area contributed by atoms with E-state index in [0.29, 0.717) is 4.47 Å². The molecule has 1 aromatic rings. The van der Waals surface area contributed by atoms with Gasteiger partial charge in [-0.3, -0.25) is 4.79 Å². The van der Waals surface area contributed by atoms with Crippen molar-refractivity contribution in [1.29, 1.82) is 0 Å². The highest BCUT2D eigenvalue weighted by Crippen LogP contribution is 2.31. The number of aromatic hydroxyl groups is 1. The number of hydrogen-bond donors (Lipinski definition) is 2. The second kappa shape index (κ2) is 5.89. The molecule has 0 amide bonds. The lowest BCUT2D eigenvalue weighted by Crippen LogP contribution is -2.06. The zero-order valence-electron chi connectivity index (χ0n) is 9.11. The van der Waals surface area contributed by atoms with Crippen molar-refractivity contribution >= 4 is 21.9 Å². The van der Waals surface area contributed by atoms with Gasteiger partial charge in [-0.1, -0.05) is 19.4 Å². The molecular formula is C12H15BrO3. The van der Waals surface area contributed by atoms with Crippen LogP contribution in [0.4, 0.5) is 0 Å². The summed E-state index contributed by atoms with van der Waals surface area (Å²) in [5.74, 6) is -0.601.